The summed E-state index contributed by atoms with van der Waals surface area (Å²) in [4.78, 5) is 42.5. The molecule has 0 saturated heterocycles. The summed E-state index contributed by atoms with van der Waals surface area (Å²) in [6.45, 7) is 0. The molecule has 2 N–H and O–H groups in total. The van der Waals surface area contributed by atoms with Crippen molar-refractivity contribution in [2.24, 2.45) is 0 Å². The summed E-state index contributed by atoms with van der Waals surface area (Å²) in [6.07, 6.45) is -1.45. The second-order valence-corrected chi connectivity index (χ2v) is 3.92. The fourth-order valence-electron chi connectivity index (χ4n) is 0.700. The third-order valence-corrected chi connectivity index (χ3v) is 2.09. The normalized spacial score (nSPS) is 13.5. The van der Waals surface area contributed by atoms with Crippen LogP contribution in [0.25, 0.3) is 0 Å². The molecule has 0 aromatic rings. The Morgan fingerprint density at radius 2 is 1.18 bits per heavy atom. The Bertz CT molecular complexity index is 309. The molecule has 0 aromatic heterocycles. The number of rotatable bonds is 6. The van der Waals surface area contributed by atoms with Gasteiger partial charge in [0.15, 0.2) is 0 Å². The molecule has 0 aromatic carbocycles. The largest absolute Gasteiger partial charge is 0.481 e. The first-order valence-corrected chi connectivity index (χ1v) is 5.08. The molecule has 0 heterocycles. The van der Waals surface area contributed by atoms with E-state index in [-0.39, 0.29) is 0 Å². The van der Waals surface area contributed by atoms with Gasteiger partial charge in [0.1, 0.15) is 10.8 Å². The van der Waals surface area contributed by atoms with E-state index in [0.717, 1.165) is 0 Å². The maximum absolute atomic E-state index is 11.0. The summed E-state index contributed by atoms with van der Waals surface area (Å²) in [5.41, 5.74) is 0. The molecule has 0 saturated carbocycles. The van der Waals surface area contributed by atoms with Gasteiger partial charge in [0, 0.05) is 0 Å². The molecule has 0 radical (unpaired) electrons. The third kappa shape index (κ3) is 6.75. The number of carbonyl (C=O) groups is 4. The first kappa shape index (κ1) is 15.7. The van der Waals surface area contributed by atoms with Crippen LogP contribution in [-0.2, 0) is 23.9 Å². The van der Waals surface area contributed by atoms with E-state index in [4.69, 9.17) is 33.4 Å². The van der Waals surface area contributed by atoms with Crippen LogP contribution in [0.4, 0.5) is 0 Å². The van der Waals surface area contributed by atoms with E-state index in [1.807, 2.05) is 0 Å². The molecule has 0 bridgehead atoms. The molecule has 0 aliphatic carbocycles. The predicted molar refractivity (Wildman–Crippen MR) is 54.9 cm³/mol. The van der Waals surface area contributed by atoms with Crippen LogP contribution >= 0.6 is 23.2 Å². The Balaban J connectivity index is 4.24. The fourth-order valence-corrected chi connectivity index (χ4v) is 1.05. The van der Waals surface area contributed by atoms with Crippen LogP contribution in [-0.4, -0.2) is 44.8 Å². The molecule has 0 rings (SSSR count). The van der Waals surface area contributed by atoms with Crippen LogP contribution in [0, 0.1) is 0 Å². The third-order valence-electron chi connectivity index (χ3n) is 1.42. The minimum Gasteiger partial charge on any atom is -0.481 e. The zero-order chi connectivity index (χ0) is 13.6. The minimum atomic E-state index is -1.54. The average Bonchev–Trinajstić information content (AvgIpc) is 2.15. The summed E-state index contributed by atoms with van der Waals surface area (Å²) in [5.74, 6) is -5.25. The van der Waals surface area contributed by atoms with Crippen molar-refractivity contribution >= 4 is 47.1 Å². The number of hydrogen-bond acceptors (Lipinski definition) is 5. The van der Waals surface area contributed by atoms with Crippen LogP contribution in [0.3, 0.4) is 0 Å². The maximum Gasteiger partial charge on any atom is 0.332 e. The first-order valence-electron chi connectivity index (χ1n) is 4.21. The van der Waals surface area contributed by atoms with E-state index in [1.54, 1.807) is 0 Å². The van der Waals surface area contributed by atoms with Gasteiger partial charge < -0.3 is 14.9 Å². The molecule has 0 spiro atoms. The van der Waals surface area contributed by atoms with Crippen LogP contribution < -0.4 is 0 Å². The monoisotopic (exact) mass is 286 g/mol. The van der Waals surface area contributed by atoms with Gasteiger partial charge in [0.05, 0.1) is 12.8 Å². The number of alkyl halides is 2. The van der Waals surface area contributed by atoms with Crippen molar-refractivity contribution in [2.75, 3.05) is 0 Å². The van der Waals surface area contributed by atoms with Crippen molar-refractivity contribution in [3.63, 3.8) is 0 Å². The zero-order valence-corrected chi connectivity index (χ0v) is 9.77. The lowest BCUT2D eigenvalue weighted by atomic mass is 10.3. The lowest BCUT2D eigenvalue weighted by molar-refractivity contribution is -0.161. The molecule has 0 aliphatic heterocycles. The molecule has 17 heavy (non-hydrogen) atoms. The standard InChI is InChI=1S/C8H8Cl2O7/c9-3(1-5(11)12)7(15)17-8(16)4(10)2-6(13)14/h3-4H,1-2H2,(H,11,12)(H,13,14). The summed E-state index contributed by atoms with van der Waals surface area (Å²) in [7, 11) is 0. The van der Waals surface area contributed by atoms with Crippen molar-refractivity contribution in [1.82, 2.24) is 0 Å². The van der Waals surface area contributed by atoms with E-state index in [2.05, 4.69) is 4.74 Å². The van der Waals surface area contributed by atoms with E-state index >= 15 is 0 Å². The number of aliphatic carboxylic acids is 2. The smallest absolute Gasteiger partial charge is 0.332 e. The van der Waals surface area contributed by atoms with Gasteiger partial charge in [-0.3, -0.25) is 9.59 Å². The fraction of sp³-hybridized carbons (Fsp3) is 0.500. The molecule has 0 amide bonds. The van der Waals surface area contributed by atoms with E-state index in [1.165, 1.54) is 0 Å². The van der Waals surface area contributed by atoms with Gasteiger partial charge in [0.2, 0.25) is 0 Å². The Hall–Kier alpha value is -1.34. The Labute approximate surface area is 105 Å². The van der Waals surface area contributed by atoms with Crippen LogP contribution in [0.15, 0.2) is 0 Å². The Kier molecular flexibility index (Phi) is 6.52. The summed E-state index contributed by atoms with van der Waals surface area (Å²) >= 11 is 10.6. The number of carboxylic acids is 2. The van der Waals surface area contributed by atoms with E-state index < -0.39 is 47.5 Å². The topological polar surface area (TPSA) is 118 Å². The summed E-state index contributed by atoms with van der Waals surface area (Å²) in [6, 6.07) is 0. The van der Waals surface area contributed by atoms with Crippen LogP contribution in [0.2, 0.25) is 0 Å². The molecule has 0 aliphatic rings. The molecule has 0 fully saturated rings. The van der Waals surface area contributed by atoms with Gasteiger partial charge in [-0.1, -0.05) is 0 Å². The van der Waals surface area contributed by atoms with E-state index in [9.17, 15) is 19.2 Å². The minimum absolute atomic E-state index is 0.723. The quantitative estimate of drug-likeness (QED) is 0.407. The number of carboxylic acid groups (broad SMARTS) is 2. The van der Waals surface area contributed by atoms with Gasteiger partial charge in [-0.25, -0.2) is 9.59 Å². The first-order chi connectivity index (χ1) is 7.73. The summed E-state index contributed by atoms with van der Waals surface area (Å²) in [5, 5.41) is 13.6. The van der Waals surface area contributed by atoms with Gasteiger partial charge in [-0.15, -0.1) is 23.2 Å². The second-order valence-electron chi connectivity index (χ2n) is 2.87. The predicted octanol–water partition coefficient (Wildman–Crippen LogP) is 0.220. The molecule has 2 atom stereocenters. The number of esters is 2. The lowest BCUT2D eigenvalue weighted by Crippen LogP contribution is -2.29. The Morgan fingerprint density at radius 3 is 1.41 bits per heavy atom. The molecular weight excluding hydrogens is 279 g/mol. The van der Waals surface area contributed by atoms with Gasteiger partial charge in [0.25, 0.3) is 0 Å². The highest BCUT2D eigenvalue weighted by atomic mass is 35.5. The van der Waals surface area contributed by atoms with Crippen LogP contribution in [0.1, 0.15) is 12.8 Å². The number of hydrogen-bond donors (Lipinski definition) is 2. The molecule has 96 valence electrons. The average molecular weight is 287 g/mol. The highest BCUT2D eigenvalue weighted by molar-refractivity contribution is 6.34. The number of carbonyl (C=O) groups excluding carboxylic acids is 2. The lowest BCUT2D eigenvalue weighted by Gasteiger charge is -2.08. The number of ether oxygens (including phenoxy) is 1. The van der Waals surface area contributed by atoms with Crippen molar-refractivity contribution in [2.45, 2.75) is 23.6 Å². The molecular formula is C8H8Cl2O7. The Morgan fingerprint density at radius 1 is 0.882 bits per heavy atom. The molecule has 9 heteroatoms. The SMILES string of the molecule is O=C(O)CC(Cl)C(=O)OC(=O)C(Cl)CC(=O)O. The van der Waals surface area contributed by atoms with Crippen molar-refractivity contribution < 1.29 is 34.1 Å². The van der Waals surface area contributed by atoms with E-state index in [0.29, 0.717) is 0 Å². The highest BCUT2D eigenvalue weighted by Crippen LogP contribution is 2.09. The zero-order valence-electron chi connectivity index (χ0n) is 8.26. The number of halogens is 2. The van der Waals surface area contributed by atoms with Crippen molar-refractivity contribution in [1.29, 1.82) is 0 Å². The van der Waals surface area contributed by atoms with Crippen molar-refractivity contribution in [3.05, 3.63) is 0 Å². The van der Waals surface area contributed by atoms with Gasteiger partial charge in [-0.05, 0) is 0 Å². The second kappa shape index (κ2) is 7.08. The van der Waals surface area contributed by atoms with Crippen LogP contribution in [0.5, 0.6) is 0 Å². The maximum atomic E-state index is 11.0. The molecule has 7 nitrogen and oxygen atoms in total. The molecule has 2 unspecified atom stereocenters. The highest BCUT2D eigenvalue weighted by Gasteiger charge is 2.27. The van der Waals surface area contributed by atoms with Gasteiger partial charge >= 0.3 is 23.9 Å². The van der Waals surface area contributed by atoms with Gasteiger partial charge in [-0.2, -0.15) is 0 Å². The summed E-state index contributed by atoms with van der Waals surface area (Å²) < 4.78 is 4.11. The van der Waals surface area contributed by atoms with Crippen molar-refractivity contribution in [3.8, 4) is 0 Å².